The second-order valence-corrected chi connectivity index (χ2v) is 11.2. The van der Waals surface area contributed by atoms with Gasteiger partial charge in [0.25, 0.3) is 0 Å². The Morgan fingerprint density at radius 3 is 1.79 bits per heavy atom. The van der Waals surface area contributed by atoms with Crippen LogP contribution in [0.25, 0.3) is 44.7 Å². The van der Waals surface area contributed by atoms with Gasteiger partial charge in [-0.3, -0.25) is 0 Å². The molecule has 6 aromatic carbocycles. The van der Waals surface area contributed by atoms with E-state index < -0.39 is 5.41 Å². The molecule has 9 rings (SSSR count). The summed E-state index contributed by atoms with van der Waals surface area (Å²) in [7, 11) is 0. The Labute approximate surface area is 249 Å². The molecule has 0 fully saturated rings. The lowest BCUT2D eigenvalue weighted by molar-refractivity contribution is 0.436. The fraction of sp³-hybridized carbons (Fsp3) is 0.0513. The second kappa shape index (κ2) is 8.94. The molecule has 0 radical (unpaired) electrons. The fourth-order valence-corrected chi connectivity index (χ4v) is 7.23. The van der Waals surface area contributed by atoms with Crippen molar-refractivity contribution in [2.75, 3.05) is 0 Å². The first-order valence-electron chi connectivity index (χ1n) is 14.5. The first-order valence-corrected chi connectivity index (χ1v) is 14.5. The molecule has 43 heavy (non-hydrogen) atoms. The molecule has 202 valence electrons. The predicted octanol–water partition coefficient (Wildman–Crippen LogP) is 9.14. The molecule has 1 spiro atoms. The number of hydrogen-bond acceptors (Lipinski definition) is 4. The maximum Gasteiger partial charge on any atom is 0.164 e. The van der Waals surface area contributed by atoms with E-state index in [1.54, 1.807) is 0 Å². The minimum absolute atomic E-state index is 0.534. The lowest BCUT2D eigenvalue weighted by Crippen LogP contribution is -2.32. The molecule has 0 amide bonds. The van der Waals surface area contributed by atoms with Crippen molar-refractivity contribution in [1.82, 2.24) is 15.0 Å². The van der Waals surface area contributed by atoms with Gasteiger partial charge in [0.15, 0.2) is 11.6 Å². The average Bonchev–Trinajstić information content (AvgIpc) is 3.35. The number of fused-ring (bicyclic) bond motifs is 10. The molecule has 4 heteroatoms. The van der Waals surface area contributed by atoms with Gasteiger partial charge in [0.2, 0.25) is 0 Å². The SMILES string of the molecule is Cc1nc(-c2cccc3c2-c2ccccc2C32c3ccccc3Oc3ccccc32)nc(-c2cccc3ccccc23)n1. The van der Waals surface area contributed by atoms with Crippen LogP contribution < -0.4 is 4.74 Å². The molecule has 0 bridgehead atoms. The van der Waals surface area contributed by atoms with Gasteiger partial charge in [0.05, 0.1) is 5.41 Å². The van der Waals surface area contributed by atoms with E-state index in [0.717, 1.165) is 50.1 Å². The maximum absolute atomic E-state index is 6.49. The molecular weight excluding hydrogens is 526 g/mol. The first-order chi connectivity index (χ1) is 21.2. The Kier molecular flexibility index (Phi) is 5.00. The third-order valence-electron chi connectivity index (χ3n) is 8.89. The summed E-state index contributed by atoms with van der Waals surface area (Å²) >= 11 is 0. The topological polar surface area (TPSA) is 47.9 Å². The van der Waals surface area contributed by atoms with Crippen LogP contribution in [0, 0.1) is 6.92 Å². The van der Waals surface area contributed by atoms with Gasteiger partial charge in [-0.15, -0.1) is 0 Å². The predicted molar refractivity (Wildman–Crippen MR) is 170 cm³/mol. The number of nitrogens with zero attached hydrogens (tertiary/aromatic N) is 3. The summed E-state index contributed by atoms with van der Waals surface area (Å²) in [6.45, 7) is 1.95. The highest BCUT2D eigenvalue weighted by atomic mass is 16.5. The van der Waals surface area contributed by atoms with Crippen molar-refractivity contribution in [3.63, 3.8) is 0 Å². The van der Waals surface area contributed by atoms with Crippen LogP contribution in [-0.4, -0.2) is 15.0 Å². The molecule has 4 nitrogen and oxygen atoms in total. The quantitative estimate of drug-likeness (QED) is 0.215. The summed E-state index contributed by atoms with van der Waals surface area (Å²) in [6, 6.07) is 46.8. The molecule has 1 aliphatic carbocycles. The highest BCUT2D eigenvalue weighted by Gasteiger charge is 2.51. The van der Waals surface area contributed by atoms with Crippen molar-refractivity contribution in [2.24, 2.45) is 0 Å². The van der Waals surface area contributed by atoms with Crippen molar-refractivity contribution in [1.29, 1.82) is 0 Å². The zero-order valence-electron chi connectivity index (χ0n) is 23.5. The highest BCUT2D eigenvalue weighted by Crippen LogP contribution is 2.63. The summed E-state index contributed by atoms with van der Waals surface area (Å²) in [6.07, 6.45) is 0. The smallest absolute Gasteiger partial charge is 0.164 e. The van der Waals surface area contributed by atoms with Gasteiger partial charge < -0.3 is 4.74 Å². The van der Waals surface area contributed by atoms with Crippen LogP contribution in [0.15, 0.2) is 133 Å². The Balaban J connectivity index is 1.35. The van der Waals surface area contributed by atoms with Gasteiger partial charge in [0, 0.05) is 22.3 Å². The molecule has 7 aromatic rings. The molecule has 1 aliphatic heterocycles. The number of para-hydroxylation sites is 2. The van der Waals surface area contributed by atoms with Crippen LogP contribution in [0.5, 0.6) is 11.5 Å². The van der Waals surface area contributed by atoms with Crippen molar-refractivity contribution in [3.8, 4) is 45.4 Å². The lowest BCUT2D eigenvalue weighted by atomic mass is 9.66. The number of aromatic nitrogens is 3. The van der Waals surface area contributed by atoms with E-state index >= 15 is 0 Å². The normalized spacial score (nSPS) is 13.6. The van der Waals surface area contributed by atoms with Crippen LogP contribution in [0.4, 0.5) is 0 Å². The van der Waals surface area contributed by atoms with Gasteiger partial charge >= 0.3 is 0 Å². The summed E-state index contributed by atoms with van der Waals surface area (Å²) in [5, 5.41) is 2.28. The molecule has 0 unspecified atom stereocenters. The Bertz CT molecular complexity index is 2200. The molecule has 0 saturated carbocycles. The van der Waals surface area contributed by atoms with E-state index in [1.807, 2.05) is 19.1 Å². The van der Waals surface area contributed by atoms with Crippen molar-refractivity contribution in [2.45, 2.75) is 12.3 Å². The van der Waals surface area contributed by atoms with Gasteiger partial charge in [-0.1, -0.05) is 121 Å². The number of ether oxygens (including phenoxy) is 1. The Hall–Kier alpha value is -5.61. The molecule has 0 saturated heterocycles. The summed E-state index contributed by atoms with van der Waals surface area (Å²) in [5.74, 6) is 3.80. The minimum Gasteiger partial charge on any atom is -0.457 e. The van der Waals surface area contributed by atoms with E-state index in [1.165, 1.54) is 16.7 Å². The summed E-state index contributed by atoms with van der Waals surface area (Å²) < 4.78 is 6.49. The Morgan fingerprint density at radius 1 is 0.465 bits per heavy atom. The van der Waals surface area contributed by atoms with E-state index in [4.69, 9.17) is 19.7 Å². The van der Waals surface area contributed by atoms with Crippen molar-refractivity contribution in [3.05, 3.63) is 162 Å². The van der Waals surface area contributed by atoms with E-state index in [9.17, 15) is 0 Å². The average molecular weight is 552 g/mol. The molecule has 2 heterocycles. The number of hydrogen-bond donors (Lipinski definition) is 0. The number of aryl methyl sites for hydroxylation is 1. The monoisotopic (exact) mass is 551 g/mol. The largest absolute Gasteiger partial charge is 0.457 e. The van der Waals surface area contributed by atoms with Crippen LogP contribution >= 0.6 is 0 Å². The van der Waals surface area contributed by atoms with Gasteiger partial charge in [-0.2, -0.15) is 0 Å². The standard InChI is InChI=1S/C39H25N3O/c1-24-40-37(27-16-10-13-25-12-2-3-14-26(25)27)42-38(41-24)29-17-11-21-33-36(29)28-15-4-5-18-30(28)39(33)31-19-6-8-22-34(31)43-35-23-9-7-20-32(35)39/h2-23H,1H3. The third kappa shape index (κ3) is 3.29. The molecule has 1 aromatic heterocycles. The van der Waals surface area contributed by atoms with Gasteiger partial charge in [-0.05, 0) is 52.1 Å². The van der Waals surface area contributed by atoms with Crippen LogP contribution in [-0.2, 0) is 5.41 Å². The van der Waals surface area contributed by atoms with Gasteiger partial charge in [0.1, 0.15) is 17.3 Å². The van der Waals surface area contributed by atoms with Gasteiger partial charge in [-0.25, -0.2) is 15.0 Å². The van der Waals surface area contributed by atoms with Crippen molar-refractivity contribution >= 4 is 10.8 Å². The number of benzene rings is 6. The van der Waals surface area contributed by atoms with Crippen LogP contribution in [0.1, 0.15) is 28.1 Å². The van der Waals surface area contributed by atoms with E-state index in [2.05, 4.69) is 121 Å². The summed E-state index contributed by atoms with van der Waals surface area (Å²) in [5.41, 5.74) is 8.52. The van der Waals surface area contributed by atoms with E-state index in [-0.39, 0.29) is 0 Å². The van der Waals surface area contributed by atoms with Crippen molar-refractivity contribution < 1.29 is 4.74 Å². The second-order valence-electron chi connectivity index (χ2n) is 11.2. The zero-order chi connectivity index (χ0) is 28.5. The maximum atomic E-state index is 6.49. The van der Waals surface area contributed by atoms with Crippen LogP contribution in [0.2, 0.25) is 0 Å². The summed E-state index contributed by atoms with van der Waals surface area (Å²) in [4.78, 5) is 14.9. The van der Waals surface area contributed by atoms with Crippen LogP contribution in [0.3, 0.4) is 0 Å². The number of rotatable bonds is 2. The lowest BCUT2D eigenvalue weighted by Gasteiger charge is -2.39. The molecule has 0 N–H and O–H groups in total. The third-order valence-corrected chi connectivity index (χ3v) is 8.89. The molecule has 0 atom stereocenters. The van der Waals surface area contributed by atoms with E-state index in [0.29, 0.717) is 17.5 Å². The Morgan fingerprint density at radius 2 is 1.00 bits per heavy atom. The fourth-order valence-electron chi connectivity index (χ4n) is 7.23. The minimum atomic E-state index is -0.534. The molecule has 2 aliphatic rings. The first kappa shape index (κ1) is 24.0. The highest BCUT2D eigenvalue weighted by molar-refractivity contribution is 5.97. The molecular formula is C39H25N3O. The zero-order valence-corrected chi connectivity index (χ0v) is 23.5.